The predicted molar refractivity (Wildman–Crippen MR) is 90.2 cm³/mol. The minimum atomic E-state index is 0.601. The van der Waals surface area contributed by atoms with Crippen LogP contribution in [0.15, 0.2) is 30.5 Å². The lowest BCUT2D eigenvalue weighted by Gasteiger charge is -2.17. The van der Waals surface area contributed by atoms with Gasteiger partial charge < -0.3 is 5.32 Å². The molecule has 4 heteroatoms. The van der Waals surface area contributed by atoms with Gasteiger partial charge in [-0.15, -0.1) is 11.3 Å². The predicted octanol–water partition coefficient (Wildman–Crippen LogP) is 4.26. The van der Waals surface area contributed by atoms with Crippen molar-refractivity contribution in [3.05, 3.63) is 50.9 Å². The van der Waals surface area contributed by atoms with E-state index in [0.717, 1.165) is 35.5 Å². The summed E-state index contributed by atoms with van der Waals surface area (Å²) in [7, 11) is 0. The average Bonchev–Trinajstić information content (AvgIpc) is 3.19. The van der Waals surface area contributed by atoms with Gasteiger partial charge in [-0.2, -0.15) is 0 Å². The molecule has 1 aliphatic rings. The molecular formula is C17H21ClN2S. The van der Waals surface area contributed by atoms with Crippen LogP contribution in [0.4, 0.5) is 0 Å². The van der Waals surface area contributed by atoms with Crippen molar-refractivity contribution in [1.29, 1.82) is 0 Å². The molecule has 2 aromatic rings. The lowest BCUT2D eigenvalue weighted by molar-refractivity contribution is 0.471. The summed E-state index contributed by atoms with van der Waals surface area (Å²) < 4.78 is 0. The monoisotopic (exact) mass is 320 g/mol. The van der Waals surface area contributed by atoms with Crippen LogP contribution < -0.4 is 5.32 Å². The molecule has 1 N–H and O–H groups in total. The van der Waals surface area contributed by atoms with E-state index in [2.05, 4.69) is 29.4 Å². The van der Waals surface area contributed by atoms with E-state index in [-0.39, 0.29) is 0 Å². The van der Waals surface area contributed by atoms with E-state index in [4.69, 9.17) is 11.6 Å². The molecule has 0 spiro atoms. The fourth-order valence-electron chi connectivity index (χ4n) is 2.62. The first kappa shape index (κ1) is 15.0. The minimum Gasteiger partial charge on any atom is -0.314 e. The molecule has 2 nitrogen and oxygen atoms in total. The number of halogens is 1. The first-order chi connectivity index (χ1) is 10.2. The van der Waals surface area contributed by atoms with Crippen molar-refractivity contribution >= 4 is 22.9 Å². The largest absolute Gasteiger partial charge is 0.314 e. The Morgan fingerprint density at radius 1 is 1.38 bits per heavy atom. The fourth-order valence-corrected chi connectivity index (χ4v) is 3.74. The Labute approximate surface area is 135 Å². The molecular weight excluding hydrogens is 300 g/mol. The van der Waals surface area contributed by atoms with Crippen LogP contribution >= 0.6 is 22.9 Å². The molecule has 1 unspecified atom stereocenters. The first-order valence-corrected chi connectivity index (χ1v) is 8.77. The van der Waals surface area contributed by atoms with Crippen molar-refractivity contribution in [2.24, 2.45) is 5.92 Å². The molecule has 0 saturated heterocycles. The van der Waals surface area contributed by atoms with Gasteiger partial charge in [0.25, 0.3) is 0 Å². The van der Waals surface area contributed by atoms with Crippen molar-refractivity contribution in [3.63, 3.8) is 0 Å². The number of nitrogens with zero attached hydrogens (tertiary/aromatic N) is 1. The standard InChI is InChI=1S/C17H21ClN2S/c1-12-19-11-17(21-12)9-14(10-20-16-5-6-16)7-13-3-2-4-15(18)8-13/h2-4,8,11,14,16,20H,5-7,9-10H2,1H3. The zero-order valence-corrected chi connectivity index (χ0v) is 13.9. The highest BCUT2D eigenvalue weighted by atomic mass is 35.5. The van der Waals surface area contributed by atoms with Crippen LogP contribution in [0.25, 0.3) is 0 Å². The first-order valence-electron chi connectivity index (χ1n) is 7.58. The van der Waals surface area contributed by atoms with Gasteiger partial charge in [-0.1, -0.05) is 23.7 Å². The number of rotatable bonds is 7. The van der Waals surface area contributed by atoms with Crippen LogP contribution in [0.5, 0.6) is 0 Å². The van der Waals surface area contributed by atoms with Crippen LogP contribution in [-0.4, -0.2) is 17.6 Å². The van der Waals surface area contributed by atoms with Crippen molar-refractivity contribution in [3.8, 4) is 0 Å². The molecule has 0 bridgehead atoms. The van der Waals surface area contributed by atoms with E-state index in [1.165, 1.54) is 23.3 Å². The zero-order chi connectivity index (χ0) is 14.7. The number of thiazole rings is 1. The minimum absolute atomic E-state index is 0.601. The van der Waals surface area contributed by atoms with Crippen LogP contribution in [0.3, 0.4) is 0 Å². The van der Waals surface area contributed by atoms with Gasteiger partial charge >= 0.3 is 0 Å². The zero-order valence-electron chi connectivity index (χ0n) is 12.3. The second-order valence-corrected chi connectivity index (χ2v) is 7.69. The van der Waals surface area contributed by atoms with E-state index < -0.39 is 0 Å². The van der Waals surface area contributed by atoms with Crippen molar-refractivity contribution in [2.75, 3.05) is 6.54 Å². The van der Waals surface area contributed by atoms with Crippen molar-refractivity contribution in [2.45, 2.75) is 38.6 Å². The van der Waals surface area contributed by atoms with Gasteiger partial charge in [0, 0.05) is 22.1 Å². The summed E-state index contributed by atoms with van der Waals surface area (Å²) in [6.07, 6.45) is 6.87. The summed E-state index contributed by atoms with van der Waals surface area (Å²) in [6, 6.07) is 9.00. The van der Waals surface area contributed by atoms with Crippen LogP contribution in [0.2, 0.25) is 5.02 Å². The molecule has 0 aliphatic heterocycles. The number of hydrogen-bond donors (Lipinski definition) is 1. The van der Waals surface area contributed by atoms with Gasteiger partial charge in [0.2, 0.25) is 0 Å². The highest BCUT2D eigenvalue weighted by Crippen LogP contribution is 2.23. The normalized spacial score (nSPS) is 16.1. The molecule has 1 heterocycles. The molecule has 1 aromatic carbocycles. The molecule has 1 aliphatic carbocycles. The van der Waals surface area contributed by atoms with Gasteiger partial charge in [-0.05, 0) is 62.8 Å². The van der Waals surface area contributed by atoms with Gasteiger partial charge in [0.15, 0.2) is 0 Å². The van der Waals surface area contributed by atoms with Crippen LogP contribution in [0, 0.1) is 12.8 Å². The Morgan fingerprint density at radius 2 is 2.24 bits per heavy atom. The molecule has 0 amide bonds. The molecule has 1 fully saturated rings. The Bertz CT molecular complexity index is 592. The Balaban J connectivity index is 1.65. The smallest absolute Gasteiger partial charge is 0.0896 e. The highest BCUT2D eigenvalue weighted by Gasteiger charge is 2.22. The fraction of sp³-hybridized carbons (Fsp3) is 0.471. The summed E-state index contributed by atoms with van der Waals surface area (Å²) in [5.41, 5.74) is 1.33. The lowest BCUT2D eigenvalue weighted by Crippen LogP contribution is -2.27. The molecule has 3 rings (SSSR count). The molecule has 1 saturated carbocycles. The number of hydrogen-bond acceptors (Lipinski definition) is 3. The third-order valence-electron chi connectivity index (χ3n) is 3.84. The third kappa shape index (κ3) is 4.80. The van der Waals surface area contributed by atoms with E-state index in [0.29, 0.717) is 5.92 Å². The van der Waals surface area contributed by atoms with Gasteiger partial charge in [-0.25, -0.2) is 4.98 Å². The molecule has 21 heavy (non-hydrogen) atoms. The number of aromatic nitrogens is 1. The number of nitrogens with one attached hydrogen (secondary N) is 1. The maximum atomic E-state index is 6.11. The third-order valence-corrected chi connectivity index (χ3v) is 5.02. The van der Waals surface area contributed by atoms with Crippen molar-refractivity contribution in [1.82, 2.24) is 10.3 Å². The van der Waals surface area contributed by atoms with Crippen molar-refractivity contribution < 1.29 is 0 Å². The van der Waals surface area contributed by atoms with E-state index >= 15 is 0 Å². The van der Waals surface area contributed by atoms with E-state index in [1.807, 2.05) is 29.7 Å². The summed E-state index contributed by atoms with van der Waals surface area (Å²) in [6.45, 7) is 3.15. The van der Waals surface area contributed by atoms with E-state index in [1.54, 1.807) is 0 Å². The Morgan fingerprint density at radius 3 is 2.90 bits per heavy atom. The molecule has 112 valence electrons. The van der Waals surface area contributed by atoms with Crippen LogP contribution in [0.1, 0.15) is 28.3 Å². The quantitative estimate of drug-likeness (QED) is 0.824. The Hall–Kier alpha value is -0.900. The SMILES string of the molecule is Cc1ncc(CC(CNC2CC2)Cc2cccc(Cl)c2)s1. The summed E-state index contributed by atoms with van der Waals surface area (Å²) in [4.78, 5) is 5.76. The second kappa shape index (κ2) is 6.91. The van der Waals surface area contributed by atoms with Crippen LogP contribution in [-0.2, 0) is 12.8 Å². The average molecular weight is 321 g/mol. The second-order valence-electron chi connectivity index (χ2n) is 5.93. The number of aryl methyl sites for hydroxylation is 1. The lowest BCUT2D eigenvalue weighted by atomic mass is 9.95. The highest BCUT2D eigenvalue weighted by molar-refractivity contribution is 7.11. The summed E-state index contributed by atoms with van der Waals surface area (Å²) >= 11 is 7.92. The maximum Gasteiger partial charge on any atom is 0.0896 e. The Kier molecular flexibility index (Phi) is 4.94. The van der Waals surface area contributed by atoms with E-state index in [9.17, 15) is 0 Å². The number of benzene rings is 1. The molecule has 1 atom stereocenters. The molecule has 1 aromatic heterocycles. The molecule has 0 radical (unpaired) electrons. The van der Waals surface area contributed by atoms with Gasteiger partial charge in [0.1, 0.15) is 0 Å². The van der Waals surface area contributed by atoms with Gasteiger partial charge in [0.05, 0.1) is 5.01 Å². The maximum absolute atomic E-state index is 6.11. The van der Waals surface area contributed by atoms with Gasteiger partial charge in [-0.3, -0.25) is 0 Å². The topological polar surface area (TPSA) is 24.9 Å². The summed E-state index contributed by atoms with van der Waals surface area (Å²) in [5, 5.41) is 5.65. The summed E-state index contributed by atoms with van der Waals surface area (Å²) in [5.74, 6) is 0.601.